The molecule has 0 saturated carbocycles. The maximum Gasteiger partial charge on any atom is 0.338 e. The normalized spacial score (nSPS) is 20.7. The van der Waals surface area contributed by atoms with E-state index in [1.54, 1.807) is 30.3 Å². The average Bonchev–Trinajstić information content (AvgIpc) is 3.18. The molecule has 7 heteroatoms. The number of cyclic esters (lactones) is 1. The molecular formula is C24H27BrO6. The van der Waals surface area contributed by atoms with Gasteiger partial charge in [0.25, 0.3) is 0 Å². The van der Waals surface area contributed by atoms with Crippen LogP contribution in [0.4, 0.5) is 0 Å². The lowest BCUT2D eigenvalue weighted by Gasteiger charge is -2.42. The summed E-state index contributed by atoms with van der Waals surface area (Å²) in [6.45, 7) is 8.55. The fraction of sp³-hybridized carbons (Fsp3) is 0.417. The van der Waals surface area contributed by atoms with E-state index in [0.717, 1.165) is 4.47 Å². The first-order valence-electron chi connectivity index (χ1n) is 10.1. The van der Waals surface area contributed by atoms with E-state index >= 15 is 0 Å². The van der Waals surface area contributed by atoms with Crippen LogP contribution >= 0.6 is 15.9 Å². The highest BCUT2D eigenvalue weighted by Crippen LogP contribution is 2.37. The van der Waals surface area contributed by atoms with Crippen LogP contribution in [0.25, 0.3) is 0 Å². The van der Waals surface area contributed by atoms with Gasteiger partial charge < -0.3 is 18.9 Å². The Morgan fingerprint density at radius 1 is 1.26 bits per heavy atom. The van der Waals surface area contributed by atoms with E-state index in [1.807, 2.05) is 26.0 Å². The van der Waals surface area contributed by atoms with E-state index in [9.17, 15) is 9.59 Å². The highest BCUT2D eigenvalue weighted by atomic mass is 79.9. The Morgan fingerprint density at radius 2 is 1.94 bits per heavy atom. The van der Waals surface area contributed by atoms with Crippen LogP contribution in [-0.2, 0) is 23.7 Å². The number of hydrogen-bond acceptors (Lipinski definition) is 6. The lowest BCUT2D eigenvalue weighted by molar-refractivity contribution is -0.278. The van der Waals surface area contributed by atoms with E-state index in [0.29, 0.717) is 37.2 Å². The smallest absolute Gasteiger partial charge is 0.338 e. The minimum absolute atomic E-state index is 0.118. The monoisotopic (exact) mass is 490 g/mol. The summed E-state index contributed by atoms with van der Waals surface area (Å²) in [5, 5.41) is 0. The number of rotatable bonds is 8. The zero-order chi connectivity index (χ0) is 22.5. The molecule has 2 heterocycles. The minimum Gasteiger partial charge on any atom is -0.458 e. The van der Waals surface area contributed by atoms with Crippen LogP contribution in [0.3, 0.4) is 0 Å². The van der Waals surface area contributed by atoms with Crippen LogP contribution in [0, 0.1) is 5.41 Å². The Labute approximate surface area is 191 Å². The van der Waals surface area contributed by atoms with Gasteiger partial charge >= 0.3 is 11.9 Å². The fourth-order valence-electron chi connectivity index (χ4n) is 3.41. The summed E-state index contributed by atoms with van der Waals surface area (Å²) >= 11 is 3.36. The molecule has 1 aromatic rings. The molecule has 0 spiro atoms. The topological polar surface area (TPSA) is 71.1 Å². The first-order valence-corrected chi connectivity index (χ1v) is 10.9. The van der Waals surface area contributed by atoms with Crippen LogP contribution in [0.1, 0.15) is 37.0 Å². The van der Waals surface area contributed by atoms with Gasteiger partial charge in [-0.2, -0.15) is 0 Å². The molecule has 166 valence electrons. The van der Waals surface area contributed by atoms with Gasteiger partial charge in [-0.05, 0) is 51.0 Å². The highest BCUT2D eigenvalue weighted by molar-refractivity contribution is 9.10. The van der Waals surface area contributed by atoms with Crippen molar-refractivity contribution in [2.75, 3.05) is 19.8 Å². The van der Waals surface area contributed by atoms with Gasteiger partial charge in [0, 0.05) is 21.5 Å². The Morgan fingerprint density at radius 3 is 2.52 bits per heavy atom. The molecule has 2 aliphatic rings. The number of ether oxygens (including phenoxy) is 4. The van der Waals surface area contributed by atoms with Gasteiger partial charge in [-0.25, -0.2) is 9.59 Å². The molecule has 6 nitrogen and oxygen atoms in total. The molecule has 31 heavy (non-hydrogen) atoms. The molecule has 0 bridgehead atoms. The summed E-state index contributed by atoms with van der Waals surface area (Å²) in [5.74, 6) is -1.52. The van der Waals surface area contributed by atoms with Gasteiger partial charge in [-0.1, -0.05) is 40.7 Å². The number of hydrogen-bond donors (Lipinski definition) is 0. The largest absolute Gasteiger partial charge is 0.458 e. The van der Waals surface area contributed by atoms with Gasteiger partial charge in [-0.3, -0.25) is 0 Å². The molecule has 0 aliphatic carbocycles. The van der Waals surface area contributed by atoms with Gasteiger partial charge in [0.2, 0.25) is 0 Å². The van der Waals surface area contributed by atoms with E-state index < -0.39 is 29.2 Å². The van der Waals surface area contributed by atoms with Crippen molar-refractivity contribution in [2.24, 2.45) is 5.41 Å². The zero-order valence-electron chi connectivity index (χ0n) is 17.8. The first kappa shape index (κ1) is 23.4. The SMILES string of the molecule is C=C/C=C/C1(CCC(OC(=O)c2ccc(Br)cc2)C2=CC(=O)OC2)COC(C)(C)OC1. The molecule has 1 aromatic carbocycles. The Balaban J connectivity index is 1.76. The van der Waals surface area contributed by atoms with Crippen molar-refractivity contribution in [1.82, 2.24) is 0 Å². The molecule has 1 saturated heterocycles. The third kappa shape index (κ3) is 6.38. The minimum atomic E-state index is -0.646. The summed E-state index contributed by atoms with van der Waals surface area (Å²) in [7, 11) is 0. The predicted octanol–water partition coefficient (Wildman–Crippen LogP) is 4.75. The highest BCUT2D eigenvalue weighted by Gasteiger charge is 2.39. The summed E-state index contributed by atoms with van der Waals surface area (Å²) < 4.78 is 23.5. The van der Waals surface area contributed by atoms with Crippen molar-refractivity contribution in [3.63, 3.8) is 0 Å². The second-order valence-electron chi connectivity index (χ2n) is 8.20. The molecule has 1 atom stereocenters. The van der Waals surface area contributed by atoms with Gasteiger partial charge in [0.05, 0.1) is 18.8 Å². The molecule has 0 aromatic heterocycles. The molecule has 1 unspecified atom stereocenters. The molecule has 0 radical (unpaired) electrons. The molecule has 1 fully saturated rings. The van der Waals surface area contributed by atoms with Crippen molar-refractivity contribution in [3.05, 3.63) is 70.8 Å². The maximum absolute atomic E-state index is 12.7. The number of allylic oxidation sites excluding steroid dienone is 2. The Bertz CT molecular complexity index is 874. The van der Waals surface area contributed by atoms with Crippen LogP contribution in [-0.4, -0.2) is 43.7 Å². The second-order valence-corrected chi connectivity index (χ2v) is 9.12. The molecule has 3 rings (SSSR count). The van der Waals surface area contributed by atoms with Crippen LogP contribution in [0.15, 0.2) is 65.2 Å². The van der Waals surface area contributed by atoms with E-state index in [1.165, 1.54) is 6.08 Å². The van der Waals surface area contributed by atoms with E-state index in [4.69, 9.17) is 18.9 Å². The standard InChI is InChI=1S/C24H27BrO6/c1-4-5-11-24(15-29-23(2,3)30-16-24)12-10-20(18-13-21(26)28-14-18)31-22(27)17-6-8-19(25)9-7-17/h4-9,11,13,20H,1,10,12,14-16H2,2-3H3/b11-5+. The van der Waals surface area contributed by atoms with Gasteiger partial charge in [-0.15, -0.1) is 0 Å². The van der Waals surface area contributed by atoms with E-state index in [2.05, 4.69) is 22.5 Å². The van der Waals surface area contributed by atoms with Crippen molar-refractivity contribution in [3.8, 4) is 0 Å². The fourth-order valence-corrected chi connectivity index (χ4v) is 3.68. The van der Waals surface area contributed by atoms with Crippen molar-refractivity contribution in [1.29, 1.82) is 0 Å². The van der Waals surface area contributed by atoms with Crippen molar-refractivity contribution < 1.29 is 28.5 Å². The number of halogens is 1. The molecular weight excluding hydrogens is 464 g/mol. The summed E-state index contributed by atoms with van der Waals surface area (Å²) in [6, 6.07) is 6.93. The van der Waals surface area contributed by atoms with Crippen molar-refractivity contribution in [2.45, 2.75) is 38.6 Å². The van der Waals surface area contributed by atoms with Crippen LogP contribution < -0.4 is 0 Å². The lowest BCUT2D eigenvalue weighted by atomic mass is 9.81. The third-order valence-electron chi connectivity index (χ3n) is 5.33. The number of benzene rings is 1. The molecule has 0 N–H and O–H groups in total. The molecule has 2 aliphatic heterocycles. The quantitative estimate of drug-likeness (QED) is 0.386. The summed E-state index contributed by atoms with van der Waals surface area (Å²) in [4.78, 5) is 24.4. The number of esters is 2. The maximum atomic E-state index is 12.7. The van der Waals surface area contributed by atoms with Crippen LogP contribution in [0.2, 0.25) is 0 Å². The van der Waals surface area contributed by atoms with Gasteiger partial charge in [0.1, 0.15) is 12.7 Å². The Kier molecular flexibility index (Phi) is 7.51. The second kappa shape index (κ2) is 9.94. The first-order chi connectivity index (χ1) is 14.7. The summed E-state index contributed by atoms with van der Waals surface area (Å²) in [6.07, 6.45) is 7.52. The van der Waals surface area contributed by atoms with Crippen LogP contribution in [0.5, 0.6) is 0 Å². The average molecular weight is 491 g/mol. The zero-order valence-corrected chi connectivity index (χ0v) is 19.4. The van der Waals surface area contributed by atoms with Crippen molar-refractivity contribution >= 4 is 27.9 Å². The third-order valence-corrected chi connectivity index (χ3v) is 5.86. The lowest BCUT2D eigenvalue weighted by Crippen LogP contribution is -2.46. The predicted molar refractivity (Wildman–Crippen MR) is 119 cm³/mol. The van der Waals surface area contributed by atoms with E-state index in [-0.39, 0.29) is 6.61 Å². The van der Waals surface area contributed by atoms with Gasteiger partial charge in [0.15, 0.2) is 5.79 Å². The summed E-state index contributed by atoms with van der Waals surface area (Å²) in [5.41, 5.74) is 0.693. The number of carbonyl (C=O) groups is 2. The number of carbonyl (C=O) groups excluding carboxylic acids is 2. The Hall–Kier alpha value is -2.22. The molecule has 0 amide bonds.